The first-order valence-electron chi connectivity index (χ1n) is 9.79. The fourth-order valence-corrected chi connectivity index (χ4v) is 3.77. The third-order valence-corrected chi connectivity index (χ3v) is 5.26. The Morgan fingerprint density at radius 1 is 1.07 bits per heavy atom. The molecule has 1 aliphatic rings. The van der Waals surface area contributed by atoms with Gasteiger partial charge in [0, 0.05) is 7.05 Å². The number of nitrogens with zero attached hydrogens (tertiary/aromatic N) is 2. The highest BCUT2D eigenvalue weighted by molar-refractivity contribution is 5.81. The standard InChI is InChI=1S/C22H25N3O4/c1-14(2)21(15-8-9-18-19(12-15)29-11-10-28-18)23-20(26)13-25-17-7-5-4-6-16(17)24(3)22(25)27/h4-9,12,14,21H,10-11,13H2,1-3H3,(H,23,26)/t21-/m1/s1. The van der Waals surface area contributed by atoms with Gasteiger partial charge in [-0.15, -0.1) is 0 Å². The molecule has 1 amide bonds. The number of imidazole rings is 1. The lowest BCUT2D eigenvalue weighted by Crippen LogP contribution is -2.36. The Kier molecular flexibility index (Phi) is 5.05. The van der Waals surface area contributed by atoms with Crippen molar-refractivity contribution in [2.45, 2.75) is 26.4 Å². The third kappa shape index (κ3) is 3.60. The van der Waals surface area contributed by atoms with Crippen LogP contribution in [-0.2, 0) is 18.4 Å². The van der Waals surface area contributed by atoms with Gasteiger partial charge in [-0.1, -0.05) is 32.0 Å². The molecule has 1 aliphatic heterocycles. The molecule has 0 radical (unpaired) electrons. The molecular formula is C22H25N3O4. The fourth-order valence-electron chi connectivity index (χ4n) is 3.77. The Hall–Kier alpha value is -3.22. The first-order valence-corrected chi connectivity index (χ1v) is 9.79. The van der Waals surface area contributed by atoms with E-state index in [9.17, 15) is 9.59 Å². The van der Waals surface area contributed by atoms with Crippen LogP contribution in [-0.4, -0.2) is 28.3 Å². The smallest absolute Gasteiger partial charge is 0.329 e. The van der Waals surface area contributed by atoms with Gasteiger partial charge in [0.2, 0.25) is 5.91 Å². The minimum atomic E-state index is -0.211. The van der Waals surface area contributed by atoms with E-state index in [4.69, 9.17) is 9.47 Å². The summed E-state index contributed by atoms with van der Waals surface area (Å²) in [6.45, 7) is 5.11. The second-order valence-corrected chi connectivity index (χ2v) is 7.61. The fraction of sp³-hybridized carbons (Fsp3) is 0.364. The van der Waals surface area contributed by atoms with Crippen LogP contribution in [0.1, 0.15) is 25.5 Å². The van der Waals surface area contributed by atoms with Gasteiger partial charge in [-0.05, 0) is 35.7 Å². The van der Waals surface area contributed by atoms with Gasteiger partial charge >= 0.3 is 5.69 Å². The number of para-hydroxylation sites is 2. The van der Waals surface area contributed by atoms with Crippen molar-refractivity contribution < 1.29 is 14.3 Å². The van der Waals surface area contributed by atoms with E-state index < -0.39 is 0 Å². The Morgan fingerprint density at radius 3 is 2.48 bits per heavy atom. The van der Waals surface area contributed by atoms with E-state index in [1.807, 2.05) is 56.3 Å². The Balaban J connectivity index is 1.58. The minimum Gasteiger partial charge on any atom is -0.486 e. The molecule has 7 nitrogen and oxygen atoms in total. The van der Waals surface area contributed by atoms with Crippen LogP contribution in [0.25, 0.3) is 11.0 Å². The van der Waals surface area contributed by atoms with E-state index in [1.165, 1.54) is 4.57 Å². The number of nitrogens with one attached hydrogen (secondary N) is 1. The number of hydrogen-bond acceptors (Lipinski definition) is 4. The first-order chi connectivity index (χ1) is 14.0. The van der Waals surface area contributed by atoms with Crippen LogP contribution in [0.4, 0.5) is 0 Å². The largest absolute Gasteiger partial charge is 0.486 e. The maximum atomic E-state index is 12.9. The van der Waals surface area contributed by atoms with Gasteiger partial charge in [0.1, 0.15) is 19.8 Å². The van der Waals surface area contributed by atoms with Crippen molar-refractivity contribution >= 4 is 16.9 Å². The number of fused-ring (bicyclic) bond motifs is 2. The van der Waals surface area contributed by atoms with Gasteiger partial charge in [0.25, 0.3) is 0 Å². The average Bonchev–Trinajstić information content (AvgIpc) is 2.96. The SMILES string of the molecule is CC(C)[C@@H](NC(=O)Cn1c(=O)n(C)c2ccccc21)c1ccc2c(c1)OCCO2. The molecule has 0 aliphatic carbocycles. The molecule has 29 heavy (non-hydrogen) atoms. The predicted octanol–water partition coefficient (Wildman–Crippen LogP) is 2.62. The number of aromatic nitrogens is 2. The number of carbonyl (C=O) groups is 1. The highest BCUT2D eigenvalue weighted by Gasteiger charge is 2.22. The predicted molar refractivity (Wildman–Crippen MR) is 110 cm³/mol. The number of aryl methyl sites for hydroxylation is 1. The summed E-state index contributed by atoms with van der Waals surface area (Å²) in [5.41, 5.74) is 2.29. The lowest BCUT2D eigenvalue weighted by molar-refractivity contribution is -0.122. The monoisotopic (exact) mass is 395 g/mol. The average molecular weight is 395 g/mol. The van der Waals surface area contributed by atoms with Gasteiger partial charge in [0.15, 0.2) is 11.5 Å². The topological polar surface area (TPSA) is 74.5 Å². The maximum Gasteiger partial charge on any atom is 0.329 e. The summed E-state index contributed by atoms with van der Waals surface area (Å²) >= 11 is 0. The Morgan fingerprint density at radius 2 is 1.76 bits per heavy atom. The maximum absolute atomic E-state index is 12.9. The summed E-state index contributed by atoms with van der Waals surface area (Å²) in [5.74, 6) is 1.36. The van der Waals surface area contributed by atoms with Crippen LogP contribution in [0, 0.1) is 5.92 Å². The zero-order chi connectivity index (χ0) is 20.5. The van der Waals surface area contributed by atoms with Crippen molar-refractivity contribution in [1.82, 2.24) is 14.5 Å². The number of carbonyl (C=O) groups excluding carboxylic acids is 1. The third-order valence-electron chi connectivity index (χ3n) is 5.26. The van der Waals surface area contributed by atoms with Crippen LogP contribution in [0.3, 0.4) is 0 Å². The molecule has 0 saturated heterocycles. The van der Waals surface area contributed by atoms with E-state index in [-0.39, 0.29) is 30.1 Å². The van der Waals surface area contributed by atoms with Crippen molar-refractivity contribution in [3.63, 3.8) is 0 Å². The van der Waals surface area contributed by atoms with Crippen LogP contribution < -0.4 is 20.5 Å². The molecule has 3 aromatic rings. The number of hydrogen-bond donors (Lipinski definition) is 1. The van der Waals surface area contributed by atoms with Crippen molar-refractivity contribution in [3.8, 4) is 11.5 Å². The second-order valence-electron chi connectivity index (χ2n) is 7.61. The molecule has 0 bridgehead atoms. The number of ether oxygens (including phenoxy) is 2. The number of benzene rings is 2. The lowest BCUT2D eigenvalue weighted by Gasteiger charge is -2.25. The molecule has 2 heterocycles. The lowest BCUT2D eigenvalue weighted by atomic mass is 9.95. The molecular weight excluding hydrogens is 370 g/mol. The van der Waals surface area contributed by atoms with Crippen molar-refractivity contribution in [2.24, 2.45) is 13.0 Å². The van der Waals surface area contributed by atoms with Crippen LogP contribution in [0.5, 0.6) is 11.5 Å². The van der Waals surface area contributed by atoms with E-state index in [1.54, 1.807) is 11.6 Å². The highest BCUT2D eigenvalue weighted by Crippen LogP contribution is 2.34. The quantitative estimate of drug-likeness (QED) is 0.721. The molecule has 7 heteroatoms. The normalized spacial score (nSPS) is 14.2. The summed E-state index contributed by atoms with van der Waals surface area (Å²) < 4.78 is 14.3. The van der Waals surface area contributed by atoms with Crippen molar-refractivity contribution in [3.05, 3.63) is 58.5 Å². The first kappa shape index (κ1) is 19.1. The van der Waals surface area contributed by atoms with Crippen molar-refractivity contribution in [1.29, 1.82) is 0 Å². The summed E-state index contributed by atoms with van der Waals surface area (Å²) in [7, 11) is 1.71. The minimum absolute atomic E-state index is 0.0338. The van der Waals surface area contributed by atoms with Gasteiger partial charge in [-0.3, -0.25) is 13.9 Å². The Bertz CT molecular complexity index is 1110. The zero-order valence-electron chi connectivity index (χ0n) is 16.8. The molecule has 152 valence electrons. The summed E-state index contributed by atoms with van der Waals surface area (Å²) in [4.78, 5) is 25.4. The second kappa shape index (κ2) is 7.66. The summed E-state index contributed by atoms with van der Waals surface area (Å²) in [6, 6.07) is 13.0. The van der Waals surface area contributed by atoms with Crippen LogP contribution in [0.2, 0.25) is 0 Å². The van der Waals surface area contributed by atoms with E-state index >= 15 is 0 Å². The molecule has 0 fully saturated rings. The molecule has 4 rings (SSSR count). The van der Waals surface area contributed by atoms with Gasteiger partial charge in [0.05, 0.1) is 17.1 Å². The van der Waals surface area contributed by atoms with Crippen molar-refractivity contribution in [2.75, 3.05) is 13.2 Å². The summed E-state index contributed by atoms with van der Waals surface area (Å²) in [6.07, 6.45) is 0. The molecule has 2 aromatic carbocycles. The molecule has 0 spiro atoms. The molecule has 1 aromatic heterocycles. The molecule has 1 atom stereocenters. The van der Waals surface area contributed by atoms with E-state index in [0.717, 1.165) is 22.3 Å². The van der Waals surface area contributed by atoms with Gasteiger partial charge < -0.3 is 14.8 Å². The van der Waals surface area contributed by atoms with E-state index in [2.05, 4.69) is 5.32 Å². The summed E-state index contributed by atoms with van der Waals surface area (Å²) in [5, 5.41) is 3.08. The van der Waals surface area contributed by atoms with Crippen LogP contribution >= 0.6 is 0 Å². The van der Waals surface area contributed by atoms with E-state index in [0.29, 0.717) is 19.0 Å². The zero-order valence-corrected chi connectivity index (χ0v) is 16.8. The molecule has 1 N–H and O–H groups in total. The number of amides is 1. The van der Waals surface area contributed by atoms with Crippen LogP contribution in [0.15, 0.2) is 47.3 Å². The number of rotatable bonds is 5. The highest BCUT2D eigenvalue weighted by atomic mass is 16.6. The van der Waals surface area contributed by atoms with Gasteiger partial charge in [-0.25, -0.2) is 4.79 Å². The molecule has 0 saturated carbocycles. The molecule has 0 unspecified atom stereocenters. The van der Waals surface area contributed by atoms with Gasteiger partial charge in [-0.2, -0.15) is 0 Å². The Labute approximate surface area is 168 Å².